The second-order valence-corrected chi connectivity index (χ2v) is 12.6. The average molecular weight is 675 g/mol. The second kappa shape index (κ2) is 15.6. The maximum absolute atomic E-state index is 13.6. The Hall–Kier alpha value is -4.87. The van der Waals surface area contributed by atoms with Gasteiger partial charge in [-0.15, -0.1) is 0 Å². The van der Waals surface area contributed by atoms with Crippen molar-refractivity contribution < 1.29 is 32.6 Å². The molecular formula is C38H41F3N4O4. The van der Waals surface area contributed by atoms with Crippen LogP contribution in [0.25, 0.3) is 11.1 Å². The third kappa shape index (κ3) is 9.39. The molecule has 1 aliphatic heterocycles. The van der Waals surface area contributed by atoms with Crippen LogP contribution < -0.4 is 15.4 Å². The molecule has 3 amide bonds. The first-order valence-electron chi connectivity index (χ1n) is 16.2. The minimum atomic E-state index is -4.48. The lowest BCUT2D eigenvalue weighted by molar-refractivity contribution is -0.137. The summed E-state index contributed by atoms with van der Waals surface area (Å²) in [6.07, 6.45) is -4.81. The van der Waals surface area contributed by atoms with E-state index >= 15 is 0 Å². The molecule has 0 aromatic heterocycles. The Morgan fingerprint density at radius 3 is 2.24 bits per heavy atom. The molecule has 0 bridgehead atoms. The number of alkyl halides is 3. The molecular weight excluding hydrogens is 633 g/mol. The maximum atomic E-state index is 13.6. The fourth-order valence-corrected chi connectivity index (χ4v) is 5.88. The highest BCUT2D eigenvalue weighted by Crippen LogP contribution is 2.31. The number of nitrogens with one attached hydrogen (secondary N) is 2. The van der Waals surface area contributed by atoms with E-state index < -0.39 is 23.8 Å². The lowest BCUT2D eigenvalue weighted by Crippen LogP contribution is -2.47. The van der Waals surface area contributed by atoms with Gasteiger partial charge in [0.05, 0.1) is 24.6 Å². The van der Waals surface area contributed by atoms with Crippen molar-refractivity contribution in [3.63, 3.8) is 0 Å². The van der Waals surface area contributed by atoms with Crippen LogP contribution in [-0.4, -0.2) is 65.7 Å². The van der Waals surface area contributed by atoms with Gasteiger partial charge in [-0.3, -0.25) is 9.69 Å². The molecule has 49 heavy (non-hydrogen) atoms. The van der Waals surface area contributed by atoms with Gasteiger partial charge in [-0.2, -0.15) is 13.2 Å². The van der Waals surface area contributed by atoms with Crippen molar-refractivity contribution >= 4 is 23.3 Å². The summed E-state index contributed by atoms with van der Waals surface area (Å²) in [5.74, 6) is 0.245. The van der Waals surface area contributed by atoms with E-state index in [-0.39, 0.29) is 36.6 Å². The number of amides is 3. The third-order valence-corrected chi connectivity index (χ3v) is 8.65. The van der Waals surface area contributed by atoms with E-state index in [4.69, 9.17) is 4.74 Å². The summed E-state index contributed by atoms with van der Waals surface area (Å²) in [7, 11) is 2.02. The Kier molecular flexibility index (Phi) is 11.3. The molecule has 258 valence electrons. The van der Waals surface area contributed by atoms with E-state index in [9.17, 15) is 27.9 Å². The Morgan fingerprint density at radius 1 is 0.959 bits per heavy atom. The van der Waals surface area contributed by atoms with Crippen molar-refractivity contribution in [3.05, 3.63) is 114 Å². The summed E-state index contributed by atoms with van der Waals surface area (Å²) in [6, 6.07) is 26.8. The van der Waals surface area contributed by atoms with Crippen molar-refractivity contribution in [2.75, 3.05) is 37.4 Å². The normalized spacial score (nSPS) is 17.3. The van der Waals surface area contributed by atoms with Gasteiger partial charge in [0.15, 0.2) is 0 Å². The SMILES string of the molecule is C[C@H]1CN([C@@H](C)CO)C(=O)Cc2cc(NC(=O)Nc3ccc(C(F)(F)F)cc3)ccc2O[C@@H]1CN(C)Cc1ccc(-c2ccccc2)cc1. The first kappa shape index (κ1) is 35.4. The van der Waals surface area contributed by atoms with E-state index in [2.05, 4.69) is 51.9 Å². The van der Waals surface area contributed by atoms with Gasteiger partial charge >= 0.3 is 12.2 Å². The molecule has 0 radical (unpaired) electrons. The van der Waals surface area contributed by atoms with Crippen LogP contribution in [0.15, 0.2) is 97.1 Å². The van der Waals surface area contributed by atoms with E-state index in [1.807, 2.05) is 32.2 Å². The van der Waals surface area contributed by atoms with E-state index in [1.165, 1.54) is 12.1 Å². The Labute approximate surface area is 284 Å². The number of carbonyl (C=O) groups is 2. The van der Waals surface area contributed by atoms with E-state index in [0.29, 0.717) is 36.6 Å². The molecule has 11 heteroatoms. The fraction of sp³-hybridized carbons (Fsp3) is 0.316. The number of hydrogen-bond acceptors (Lipinski definition) is 5. The zero-order chi connectivity index (χ0) is 35.1. The standard InChI is InChI=1S/C38H41F3N4O4/c1-25-21-45(26(2)24-46)36(47)20-30-19-33(43-37(48)42-32-15-13-31(14-16-32)38(39,40)41)17-18-34(30)49-35(25)23-44(3)22-27-9-11-29(12-10-27)28-7-5-4-6-8-28/h4-19,25-26,35,46H,20-24H2,1-3H3,(H2,42,43,48)/t25-,26-,35+/m0/s1. The highest BCUT2D eigenvalue weighted by atomic mass is 19.4. The number of benzene rings is 4. The Balaban J connectivity index is 1.31. The van der Waals surface area contributed by atoms with Gasteiger partial charge in [-0.1, -0.05) is 61.5 Å². The minimum absolute atomic E-state index is 0.0151. The van der Waals surface area contributed by atoms with Gasteiger partial charge in [0.25, 0.3) is 0 Å². The number of hydrogen-bond donors (Lipinski definition) is 3. The highest BCUT2D eigenvalue weighted by Gasteiger charge is 2.32. The summed E-state index contributed by atoms with van der Waals surface area (Å²) >= 11 is 0. The van der Waals surface area contributed by atoms with Gasteiger partial charge in [0, 0.05) is 42.5 Å². The zero-order valence-electron chi connectivity index (χ0n) is 27.7. The lowest BCUT2D eigenvalue weighted by Gasteiger charge is -2.34. The molecule has 0 saturated heterocycles. The van der Waals surface area contributed by atoms with Gasteiger partial charge in [-0.25, -0.2) is 4.79 Å². The first-order valence-corrected chi connectivity index (χ1v) is 16.2. The molecule has 8 nitrogen and oxygen atoms in total. The molecule has 0 fully saturated rings. The number of carbonyl (C=O) groups excluding carboxylic acids is 2. The molecule has 1 aliphatic rings. The van der Waals surface area contributed by atoms with Crippen LogP contribution >= 0.6 is 0 Å². The molecule has 3 atom stereocenters. The molecule has 0 aliphatic carbocycles. The van der Waals surface area contributed by atoms with Gasteiger partial charge < -0.3 is 25.4 Å². The summed E-state index contributed by atoms with van der Waals surface area (Å²) < 4.78 is 45.3. The Morgan fingerprint density at radius 2 is 1.59 bits per heavy atom. The van der Waals surface area contributed by atoms with Crippen molar-refractivity contribution in [1.82, 2.24) is 9.80 Å². The molecule has 0 unspecified atom stereocenters. The number of fused-ring (bicyclic) bond motifs is 1. The van der Waals surface area contributed by atoms with Gasteiger partial charge in [0.1, 0.15) is 11.9 Å². The number of aliphatic hydroxyl groups excluding tert-OH is 1. The summed E-state index contributed by atoms with van der Waals surface area (Å²) in [6.45, 7) is 5.27. The topological polar surface area (TPSA) is 94.1 Å². The predicted octanol–water partition coefficient (Wildman–Crippen LogP) is 7.30. The van der Waals surface area contributed by atoms with Crippen LogP contribution in [-0.2, 0) is 23.9 Å². The van der Waals surface area contributed by atoms with Crippen LogP contribution in [0.3, 0.4) is 0 Å². The Bertz CT molecular complexity index is 1720. The number of anilines is 2. The van der Waals surface area contributed by atoms with E-state index in [1.54, 1.807) is 30.0 Å². The fourth-order valence-electron chi connectivity index (χ4n) is 5.88. The van der Waals surface area contributed by atoms with Crippen LogP contribution in [0.5, 0.6) is 5.75 Å². The van der Waals surface area contributed by atoms with Crippen LogP contribution in [0.4, 0.5) is 29.3 Å². The number of aliphatic hydroxyl groups is 1. The molecule has 4 aromatic carbocycles. The predicted molar refractivity (Wildman–Crippen MR) is 184 cm³/mol. The largest absolute Gasteiger partial charge is 0.488 e. The number of urea groups is 1. The average Bonchev–Trinajstić information content (AvgIpc) is 3.12. The maximum Gasteiger partial charge on any atom is 0.416 e. The molecule has 0 saturated carbocycles. The molecule has 4 aromatic rings. The van der Waals surface area contributed by atoms with E-state index in [0.717, 1.165) is 28.8 Å². The lowest BCUT2D eigenvalue weighted by atomic mass is 10.0. The van der Waals surface area contributed by atoms with Crippen molar-refractivity contribution in [2.24, 2.45) is 5.92 Å². The first-order chi connectivity index (χ1) is 23.4. The molecule has 1 heterocycles. The molecule has 5 rings (SSSR count). The molecule has 3 N–H and O–H groups in total. The monoisotopic (exact) mass is 674 g/mol. The number of rotatable bonds is 9. The van der Waals surface area contributed by atoms with Crippen molar-refractivity contribution in [3.8, 4) is 16.9 Å². The summed E-state index contributed by atoms with van der Waals surface area (Å²) in [5.41, 5.74) is 3.75. The van der Waals surface area contributed by atoms with Gasteiger partial charge in [-0.05, 0) is 73.1 Å². The molecule has 0 spiro atoms. The second-order valence-electron chi connectivity index (χ2n) is 12.6. The van der Waals surface area contributed by atoms with Gasteiger partial charge in [0.2, 0.25) is 5.91 Å². The summed E-state index contributed by atoms with van der Waals surface area (Å²) in [5, 5.41) is 15.2. The third-order valence-electron chi connectivity index (χ3n) is 8.65. The van der Waals surface area contributed by atoms with Crippen LogP contribution in [0, 0.1) is 5.92 Å². The number of nitrogens with zero attached hydrogens (tertiary/aromatic N) is 2. The van der Waals surface area contributed by atoms with Crippen molar-refractivity contribution in [1.29, 1.82) is 0 Å². The quantitative estimate of drug-likeness (QED) is 0.173. The highest BCUT2D eigenvalue weighted by molar-refractivity contribution is 6.00. The van der Waals surface area contributed by atoms with Crippen LogP contribution in [0.1, 0.15) is 30.5 Å². The summed E-state index contributed by atoms with van der Waals surface area (Å²) in [4.78, 5) is 30.2. The number of halogens is 3. The smallest absolute Gasteiger partial charge is 0.416 e. The number of likely N-dealkylation sites (N-methyl/N-ethyl adjacent to an activating group) is 1. The van der Waals surface area contributed by atoms with Crippen LogP contribution in [0.2, 0.25) is 0 Å². The van der Waals surface area contributed by atoms with Crippen molar-refractivity contribution in [2.45, 2.75) is 45.1 Å². The zero-order valence-corrected chi connectivity index (χ0v) is 27.7. The number of ether oxygens (including phenoxy) is 1. The minimum Gasteiger partial charge on any atom is -0.488 e.